The number of urea groups is 1. The van der Waals surface area contributed by atoms with Crippen LogP contribution in [0.5, 0.6) is 0 Å². The number of hydrogen-bond acceptors (Lipinski definition) is 2. The topological polar surface area (TPSA) is 44.4 Å². The molecule has 5 rings (SSSR count). The summed E-state index contributed by atoms with van der Waals surface area (Å²) in [5, 5.41) is 6.95. The predicted molar refractivity (Wildman–Crippen MR) is 102 cm³/mol. The van der Waals surface area contributed by atoms with Crippen LogP contribution in [0, 0.1) is 0 Å². The SMILES string of the molecule is O=C(NC1CCNC12CC2)N1CCc2ccccc2C1c1ccccc1. The first-order valence-electron chi connectivity index (χ1n) is 9.72. The number of benzene rings is 2. The van der Waals surface area contributed by atoms with Crippen molar-refractivity contribution < 1.29 is 4.79 Å². The second kappa shape index (κ2) is 6.13. The van der Waals surface area contributed by atoms with Crippen LogP contribution in [0.15, 0.2) is 54.6 Å². The van der Waals surface area contributed by atoms with Gasteiger partial charge in [-0.05, 0) is 48.9 Å². The van der Waals surface area contributed by atoms with Gasteiger partial charge in [-0.15, -0.1) is 0 Å². The van der Waals surface area contributed by atoms with Crippen molar-refractivity contribution in [2.45, 2.75) is 43.3 Å². The first-order chi connectivity index (χ1) is 12.8. The van der Waals surface area contributed by atoms with E-state index in [0.717, 1.165) is 25.9 Å². The van der Waals surface area contributed by atoms with E-state index in [1.54, 1.807) is 0 Å². The van der Waals surface area contributed by atoms with E-state index in [1.807, 2.05) is 11.0 Å². The second-order valence-corrected chi connectivity index (χ2v) is 7.83. The third kappa shape index (κ3) is 2.60. The van der Waals surface area contributed by atoms with Crippen molar-refractivity contribution in [1.29, 1.82) is 0 Å². The molecular weight excluding hydrogens is 322 g/mol. The summed E-state index contributed by atoms with van der Waals surface area (Å²) >= 11 is 0. The molecule has 2 aromatic carbocycles. The minimum Gasteiger partial charge on any atom is -0.333 e. The fourth-order valence-corrected chi connectivity index (χ4v) is 4.75. The summed E-state index contributed by atoms with van der Waals surface area (Å²) in [6.07, 6.45) is 4.32. The molecule has 0 aromatic heterocycles. The van der Waals surface area contributed by atoms with Crippen LogP contribution in [0.2, 0.25) is 0 Å². The molecule has 4 nitrogen and oxygen atoms in total. The number of hydrogen-bond donors (Lipinski definition) is 2. The maximum atomic E-state index is 13.3. The number of carbonyl (C=O) groups excluding carboxylic acids is 1. The van der Waals surface area contributed by atoms with Crippen LogP contribution in [-0.2, 0) is 6.42 Å². The third-order valence-electron chi connectivity index (χ3n) is 6.32. The van der Waals surface area contributed by atoms with Crippen LogP contribution < -0.4 is 10.6 Å². The number of rotatable bonds is 2. The van der Waals surface area contributed by atoms with Gasteiger partial charge in [0.15, 0.2) is 0 Å². The summed E-state index contributed by atoms with van der Waals surface area (Å²) in [7, 11) is 0. The Balaban J connectivity index is 1.46. The predicted octanol–water partition coefficient (Wildman–Crippen LogP) is 3.24. The van der Waals surface area contributed by atoms with Gasteiger partial charge in [0.1, 0.15) is 0 Å². The van der Waals surface area contributed by atoms with Crippen LogP contribution in [-0.4, -0.2) is 35.6 Å². The van der Waals surface area contributed by atoms with Crippen LogP contribution in [0.3, 0.4) is 0 Å². The first-order valence-corrected chi connectivity index (χ1v) is 9.72. The highest BCUT2D eigenvalue weighted by Crippen LogP contribution is 2.43. The van der Waals surface area contributed by atoms with Crippen LogP contribution >= 0.6 is 0 Å². The summed E-state index contributed by atoms with van der Waals surface area (Å²) in [5.74, 6) is 0. The van der Waals surface area contributed by atoms with Gasteiger partial charge in [0.05, 0.1) is 6.04 Å². The number of nitrogens with zero attached hydrogens (tertiary/aromatic N) is 1. The van der Waals surface area contributed by atoms with E-state index < -0.39 is 0 Å². The Morgan fingerprint density at radius 3 is 2.65 bits per heavy atom. The molecule has 2 unspecified atom stereocenters. The number of fused-ring (bicyclic) bond motifs is 1. The Hall–Kier alpha value is -2.33. The summed E-state index contributed by atoms with van der Waals surface area (Å²) in [6, 6.07) is 19.3. The maximum Gasteiger partial charge on any atom is 0.318 e. The Morgan fingerprint density at radius 2 is 1.85 bits per heavy atom. The van der Waals surface area contributed by atoms with Crippen LogP contribution in [0.25, 0.3) is 0 Å². The van der Waals surface area contributed by atoms with E-state index in [0.29, 0.717) is 0 Å². The molecule has 26 heavy (non-hydrogen) atoms. The van der Waals surface area contributed by atoms with Gasteiger partial charge in [0.25, 0.3) is 0 Å². The van der Waals surface area contributed by atoms with Crippen molar-refractivity contribution in [3.8, 4) is 0 Å². The van der Waals surface area contributed by atoms with Crippen molar-refractivity contribution in [3.63, 3.8) is 0 Å². The molecule has 2 atom stereocenters. The third-order valence-corrected chi connectivity index (χ3v) is 6.32. The molecule has 1 spiro atoms. The average Bonchev–Trinajstić information content (AvgIpc) is 3.37. The lowest BCUT2D eigenvalue weighted by Crippen LogP contribution is -2.52. The molecule has 1 saturated carbocycles. The van der Waals surface area contributed by atoms with Crippen molar-refractivity contribution in [1.82, 2.24) is 15.5 Å². The van der Waals surface area contributed by atoms with Gasteiger partial charge in [-0.3, -0.25) is 0 Å². The molecule has 2 N–H and O–H groups in total. The number of amides is 2. The standard InChI is InChI=1S/C22H25N3O/c26-21(24-19-10-14-23-22(19)12-13-22)25-15-11-16-6-4-5-9-18(16)20(25)17-7-2-1-3-8-17/h1-9,19-20,23H,10-15H2,(H,24,26). The highest BCUT2D eigenvalue weighted by Gasteiger charge is 2.53. The van der Waals surface area contributed by atoms with Gasteiger partial charge in [0, 0.05) is 18.1 Å². The van der Waals surface area contributed by atoms with E-state index in [2.05, 4.69) is 59.2 Å². The number of nitrogens with one attached hydrogen (secondary N) is 2. The molecular formula is C22H25N3O. The van der Waals surface area contributed by atoms with Crippen molar-refractivity contribution in [2.75, 3.05) is 13.1 Å². The quantitative estimate of drug-likeness (QED) is 0.876. The van der Waals surface area contributed by atoms with E-state index in [9.17, 15) is 4.79 Å². The van der Waals surface area contributed by atoms with E-state index in [1.165, 1.54) is 29.5 Å². The lowest BCUT2D eigenvalue weighted by molar-refractivity contribution is 0.174. The molecule has 134 valence electrons. The Kier molecular flexibility index (Phi) is 3.75. The lowest BCUT2D eigenvalue weighted by atomic mass is 9.88. The fraction of sp³-hybridized carbons (Fsp3) is 0.409. The van der Waals surface area contributed by atoms with Crippen molar-refractivity contribution in [2.24, 2.45) is 0 Å². The van der Waals surface area contributed by atoms with Gasteiger partial charge in [-0.25, -0.2) is 4.79 Å². The zero-order valence-electron chi connectivity index (χ0n) is 14.9. The monoisotopic (exact) mass is 347 g/mol. The molecule has 3 aliphatic rings. The molecule has 4 heteroatoms. The molecule has 0 radical (unpaired) electrons. The second-order valence-electron chi connectivity index (χ2n) is 7.83. The Morgan fingerprint density at radius 1 is 1.08 bits per heavy atom. The normalized spacial score (nSPS) is 25.8. The van der Waals surface area contributed by atoms with Gasteiger partial charge in [-0.1, -0.05) is 54.6 Å². The summed E-state index contributed by atoms with van der Waals surface area (Å²) in [4.78, 5) is 15.3. The fourth-order valence-electron chi connectivity index (χ4n) is 4.75. The molecule has 2 heterocycles. The Bertz CT molecular complexity index is 815. The zero-order chi connectivity index (χ0) is 17.6. The van der Waals surface area contributed by atoms with E-state index in [4.69, 9.17) is 0 Å². The molecule has 1 aliphatic carbocycles. The first kappa shape index (κ1) is 15.9. The van der Waals surface area contributed by atoms with Gasteiger partial charge >= 0.3 is 6.03 Å². The van der Waals surface area contributed by atoms with Gasteiger partial charge < -0.3 is 15.5 Å². The lowest BCUT2D eigenvalue weighted by Gasteiger charge is -2.38. The van der Waals surface area contributed by atoms with Crippen LogP contribution in [0.1, 0.15) is 42.0 Å². The summed E-state index contributed by atoms with van der Waals surface area (Å²) < 4.78 is 0. The summed E-state index contributed by atoms with van der Waals surface area (Å²) in [6.45, 7) is 1.77. The highest BCUT2D eigenvalue weighted by atomic mass is 16.2. The average molecular weight is 347 g/mol. The minimum atomic E-state index is -0.00864. The molecule has 2 aliphatic heterocycles. The molecule has 1 saturated heterocycles. The van der Waals surface area contributed by atoms with Gasteiger partial charge in [-0.2, -0.15) is 0 Å². The van der Waals surface area contributed by atoms with Crippen molar-refractivity contribution in [3.05, 3.63) is 71.3 Å². The zero-order valence-corrected chi connectivity index (χ0v) is 14.9. The highest BCUT2D eigenvalue weighted by molar-refractivity contribution is 5.76. The van der Waals surface area contributed by atoms with E-state index >= 15 is 0 Å². The minimum absolute atomic E-state index is 0.00864. The molecule has 0 bridgehead atoms. The summed E-state index contributed by atoms with van der Waals surface area (Å²) in [5.41, 5.74) is 3.98. The molecule has 2 amide bonds. The maximum absolute atomic E-state index is 13.3. The van der Waals surface area contributed by atoms with Crippen molar-refractivity contribution >= 4 is 6.03 Å². The molecule has 2 fully saturated rings. The largest absolute Gasteiger partial charge is 0.333 e. The van der Waals surface area contributed by atoms with E-state index in [-0.39, 0.29) is 23.7 Å². The molecule has 2 aromatic rings. The smallest absolute Gasteiger partial charge is 0.318 e. The van der Waals surface area contributed by atoms with Crippen LogP contribution in [0.4, 0.5) is 4.79 Å². The Labute approximate surface area is 154 Å². The van der Waals surface area contributed by atoms with Gasteiger partial charge in [0.2, 0.25) is 0 Å². The number of carbonyl (C=O) groups is 1.